The number of aryl methyl sites for hydroxylation is 2. The fourth-order valence-electron chi connectivity index (χ4n) is 2.24. The van der Waals surface area contributed by atoms with Gasteiger partial charge in [-0.05, 0) is 61.6 Å². The molecular formula is C18H22ClNO. The summed E-state index contributed by atoms with van der Waals surface area (Å²) in [7, 11) is 0. The molecular weight excluding hydrogens is 282 g/mol. The van der Waals surface area contributed by atoms with Gasteiger partial charge in [0.2, 0.25) is 0 Å². The van der Waals surface area contributed by atoms with Gasteiger partial charge in [-0.1, -0.05) is 35.9 Å². The molecule has 1 atom stereocenters. The molecule has 0 amide bonds. The zero-order valence-electron chi connectivity index (χ0n) is 12.6. The number of rotatable bonds is 6. The summed E-state index contributed by atoms with van der Waals surface area (Å²) in [5.74, 6) is 0.899. The van der Waals surface area contributed by atoms with Gasteiger partial charge in [0.15, 0.2) is 0 Å². The minimum atomic E-state index is 0.0509. The summed E-state index contributed by atoms with van der Waals surface area (Å²) in [6, 6.07) is 14.2. The van der Waals surface area contributed by atoms with Crippen LogP contribution in [0.3, 0.4) is 0 Å². The molecule has 0 aliphatic carbocycles. The van der Waals surface area contributed by atoms with Gasteiger partial charge in [-0.3, -0.25) is 0 Å². The first-order valence-corrected chi connectivity index (χ1v) is 7.62. The molecule has 0 bridgehead atoms. The molecule has 0 heterocycles. The number of hydrogen-bond donors (Lipinski definition) is 1. The highest BCUT2D eigenvalue weighted by Gasteiger charge is 2.08. The van der Waals surface area contributed by atoms with E-state index >= 15 is 0 Å². The maximum Gasteiger partial charge on any atom is 0.119 e. The quantitative estimate of drug-likeness (QED) is 0.863. The van der Waals surface area contributed by atoms with Gasteiger partial charge in [-0.25, -0.2) is 0 Å². The lowest BCUT2D eigenvalue weighted by molar-refractivity contribution is 0.297. The van der Waals surface area contributed by atoms with Crippen molar-refractivity contribution in [3.05, 3.63) is 64.2 Å². The van der Waals surface area contributed by atoms with E-state index in [9.17, 15) is 0 Å². The van der Waals surface area contributed by atoms with Crippen molar-refractivity contribution >= 4 is 11.6 Å². The van der Waals surface area contributed by atoms with E-state index in [-0.39, 0.29) is 6.04 Å². The Labute approximate surface area is 131 Å². The molecule has 0 fully saturated rings. The van der Waals surface area contributed by atoms with Crippen LogP contribution in [0.2, 0.25) is 5.02 Å². The molecule has 2 nitrogen and oxygen atoms in total. The molecule has 0 saturated carbocycles. The van der Waals surface area contributed by atoms with Crippen LogP contribution in [0.25, 0.3) is 0 Å². The van der Waals surface area contributed by atoms with E-state index < -0.39 is 0 Å². The molecule has 0 radical (unpaired) electrons. The lowest BCUT2D eigenvalue weighted by Crippen LogP contribution is -2.25. The van der Waals surface area contributed by atoms with Gasteiger partial charge in [0.25, 0.3) is 0 Å². The number of hydrogen-bond acceptors (Lipinski definition) is 2. The first kappa shape index (κ1) is 15.9. The average Bonchev–Trinajstić information content (AvgIpc) is 2.42. The third-order valence-electron chi connectivity index (χ3n) is 3.44. The van der Waals surface area contributed by atoms with E-state index in [1.807, 2.05) is 31.2 Å². The van der Waals surface area contributed by atoms with Crippen molar-refractivity contribution in [3.8, 4) is 5.75 Å². The highest BCUT2D eigenvalue weighted by Crippen LogP contribution is 2.19. The van der Waals surface area contributed by atoms with Crippen molar-refractivity contribution in [1.82, 2.24) is 0 Å². The summed E-state index contributed by atoms with van der Waals surface area (Å²) in [5.41, 5.74) is 9.63. The maximum absolute atomic E-state index is 6.23. The Morgan fingerprint density at radius 3 is 2.57 bits per heavy atom. The van der Waals surface area contributed by atoms with Crippen molar-refractivity contribution in [2.24, 2.45) is 5.73 Å². The molecule has 0 spiro atoms. The predicted octanol–water partition coefficient (Wildman–Crippen LogP) is 4.30. The smallest absolute Gasteiger partial charge is 0.119 e. The minimum absolute atomic E-state index is 0.0509. The fourth-order valence-corrected chi connectivity index (χ4v) is 2.55. The van der Waals surface area contributed by atoms with Gasteiger partial charge in [0.1, 0.15) is 5.75 Å². The van der Waals surface area contributed by atoms with Crippen molar-refractivity contribution in [2.45, 2.75) is 32.7 Å². The van der Waals surface area contributed by atoms with Crippen LogP contribution in [-0.2, 0) is 6.42 Å². The minimum Gasteiger partial charge on any atom is -0.494 e. The summed E-state index contributed by atoms with van der Waals surface area (Å²) >= 11 is 6.23. The molecule has 1 unspecified atom stereocenters. The van der Waals surface area contributed by atoms with Gasteiger partial charge >= 0.3 is 0 Å². The molecule has 3 heteroatoms. The number of benzene rings is 2. The van der Waals surface area contributed by atoms with Crippen LogP contribution in [0.4, 0.5) is 0 Å². The summed E-state index contributed by atoms with van der Waals surface area (Å²) in [5, 5.41) is 0.796. The SMILES string of the molecule is Cc1cccc(OCCC(N)Cc2ccc(C)cc2Cl)c1. The lowest BCUT2D eigenvalue weighted by atomic mass is 10.0. The zero-order valence-corrected chi connectivity index (χ0v) is 13.4. The molecule has 21 heavy (non-hydrogen) atoms. The Bertz CT molecular complexity index is 598. The summed E-state index contributed by atoms with van der Waals surface area (Å²) in [6.45, 7) is 4.71. The van der Waals surface area contributed by atoms with Crippen LogP contribution >= 0.6 is 11.6 Å². The Kier molecular flexibility index (Phi) is 5.66. The Morgan fingerprint density at radius 1 is 1.10 bits per heavy atom. The van der Waals surface area contributed by atoms with E-state index in [2.05, 4.69) is 25.1 Å². The molecule has 0 aliphatic heterocycles. The van der Waals surface area contributed by atoms with Gasteiger partial charge in [0, 0.05) is 11.1 Å². The number of halogens is 1. The average molecular weight is 304 g/mol. The van der Waals surface area contributed by atoms with E-state index in [0.717, 1.165) is 29.2 Å². The topological polar surface area (TPSA) is 35.2 Å². The van der Waals surface area contributed by atoms with Gasteiger partial charge < -0.3 is 10.5 Å². The first-order chi connectivity index (χ1) is 10.0. The second-order valence-electron chi connectivity index (χ2n) is 5.51. The third-order valence-corrected chi connectivity index (χ3v) is 3.79. The molecule has 2 aromatic rings. The lowest BCUT2D eigenvalue weighted by Gasteiger charge is -2.14. The molecule has 2 aromatic carbocycles. The molecule has 2 rings (SSSR count). The van der Waals surface area contributed by atoms with Crippen molar-refractivity contribution < 1.29 is 4.74 Å². The van der Waals surface area contributed by atoms with E-state index in [1.54, 1.807) is 0 Å². The van der Waals surface area contributed by atoms with Crippen LogP contribution < -0.4 is 10.5 Å². The second-order valence-corrected chi connectivity index (χ2v) is 5.92. The molecule has 0 saturated heterocycles. The molecule has 2 N–H and O–H groups in total. The van der Waals surface area contributed by atoms with Crippen LogP contribution in [0.1, 0.15) is 23.1 Å². The number of nitrogens with two attached hydrogens (primary N) is 1. The maximum atomic E-state index is 6.23. The normalized spacial score (nSPS) is 12.2. The van der Waals surface area contributed by atoms with Crippen LogP contribution in [0.15, 0.2) is 42.5 Å². The number of ether oxygens (including phenoxy) is 1. The Hall–Kier alpha value is -1.51. The predicted molar refractivity (Wildman–Crippen MR) is 89.2 cm³/mol. The molecule has 112 valence electrons. The zero-order chi connectivity index (χ0) is 15.2. The van der Waals surface area contributed by atoms with E-state index in [4.69, 9.17) is 22.1 Å². The summed E-state index contributed by atoms with van der Waals surface area (Å²) < 4.78 is 5.73. The third kappa shape index (κ3) is 5.07. The largest absolute Gasteiger partial charge is 0.494 e. The van der Waals surface area contributed by atoms with Crippen molar-refractivity contribution in [1.29, 1.82) is 0 Å². The standard InChI is InChI=1S/C18H22ClNO/c1-13-4-3-5-17(10-13)21-9-8-16(20)12-15-7-6-14(2)11-18(15)19/h3-7,10-11,16H,8-9,12,20H2,1-2H3. The highest BCUT2D eigenvalue weighted by atomic mass is 35.5. The van der Waals surface area contributed by atoms with E-state index in [1.165, 1.54) is 11.1 Å². The van der Waals surface area contributed by atoms with Gasteiger partial charge in [-0.2, -0.15) is 0 Å². The second kappa shape index (κ2) is 7.48. The van der Waals surface area contributed by atoms with Gasteiger partial charge in [0.05, 0.1) is 6.61 Å². The molecule has 0 aromatic heterocycles. The van der Waals surface area contributed by atoms with E-state index in [0.29, 0.717) is 6.61 Å². The highest BCUT2D eigenvalue weighted by molar-refractivity contribution is 6.31. The fraction of sp³-hybridized carbons (Fsp3) is 0.333. The summed E-state index contributed by atoms with van der Waals surface area (Å²) in [4.78, 5) is 0. The van der Waals surface area contributed by atoms with Crippen molar-refractivity contribution in [2.75, 3.05) is 6.61 Å². The Morgan fingerprint density at radius 2 is 1.86 bits per heavy atom. The van der Waals surface area contributed by atoms with Crippen LogP contribution in [0.5, 0.6) is 5.75 Å². The van der Waals surface area contributed by atoms with Crippen molar-refractivity contribution in [3.63, 3.8) is 0 Å². The van der Waals surface area contributed by atoms with Crippen LogP contribution in [0, 0.1) is 13.8 Å². The summed E-state index contributed by atoms with van der Waals surface area (Å²) in [6.07, 6.45) is 1.58. The first-order valence-electron chi connectivity index (χ1n) is 7.24. The van der Waals surface area contributed by atoms with Gasteiger partial charge in [-0.15, -0.1) is 0 Å². The Balaban J connectivity index is 1.81. The molecule has 0 aliphatic rings. The van der Waals surface area contributed by atoms with Crippen LogP contribution in [-0.4, -0.2) is 12.6 Å². The monoisotopic (exact) mass is 303 g/mol.